The van der Waals surface area contributed by atoms with Crippen LogP contribution in [0.15, 0.2) is 59.6 Å². The number of nitrogen functional groups attached to an aromatic ring is 1. The van der Waals surface area contributed by atoms with Gasteiger partial charge < -0.3 is 5.73 Å². The van der Waals surface area contributed by atoms with Gasteiger partial charge in [-0.3, -0.25) is 9.71 Å². The molecule has 5 nitrogen and oxygen atoms in total. The minimum Gasteiger partial charge on any atom is -0.399 e. The van der Waals surface area contributed by atoms with Crippen LogP contribution in [-0.4, -0.2) is 13.4 Å². The van der Waals surface area contributed by atoms with Crippen LogP contribution in [0.5, 0.6) is 0 Å². The Morgan fingerprint density at radius 2 is 1.86 bits per heavy atom. The minimum absolute atomic E-state index is 0.167. The van der Waals surface area contributed by atoms with E-state index in [2.05, 4.69) is 9.71 Å². The number of nitrogens with zero attached hydrogens (tertiary/aromatic N) is 1. The first-order valence-electron chi connectivity index (χ1n) is 6.70. The third kappa shape index (κ3) is 2.60. The molecule has 0 bridgehead atoms. The summed E-state index contributed by atoms with van der Waals surface area (Å²) in [4.78, 5) is 4.41. The fourth-order valence-electron chi connectivity index (χ4n) is 2.29. The van der Waals surface area contributed by atoms with E-state index in [1.54, 1.807) is 37.4 Å². The number of rotatable bonds is 3. The summed E-state index contributed by atoms with van der Waals surface area (Å²) < 4.78 is 27.8. The highest BCUT2D eigenvalue weighted by Gasteiger charge is 2.18. The first-order chi connectivity index (χ1) is 10.5. The van der Waals surface area contributed by atoms with Gasteiger partial charge in [-0.15, -0.1) is 0 Å². The lowest BCUT2D eigenvalue weighted by molar-refractivity contribution is 0.600. The second-order valence-electron chi connectivity index (χ2n) is 5.01. The molecule has 0 amide bonds. The predicted octanol–water partition coefficient (Wildman–Crippen LogP) is 2.93. The molecule has 2 aromatic carbocycles. The zero-order valence-corrected chi connectivity index (χ0v) is 12.8. The Labute approximate surface area is 128 Å². The van der Waals surface area contributed by atoms with Gasteiger partial charge >= 0.3 is 0 Å². The standard InChI is InChI=1S/C16H15N3O2S/c1-11-7-8-13(17)10-15(11)22(20,21)19-14-6-2-4-12-5-3-9-18-16(12)14/h2-10,19H,17H2,1H3. The summed E-state index contributed by atoms with van der Waals surface area (Å²) in [7, 11) is -3.73. The highest BCUT2D eigenvalue weighted by molar-refractivity contribution is 7.92. The van der Waals surface area contributed by atoms with Crippen molar-refractivity contribution in [2.45, 2.75) is 11.8 Å². The van der Waals surface area contributed by atoms with Crippen LogP contribution < -0.4 is 10.5 Å². The highest BCUT2D eigenvalue weighted by atomic mass is 32.2. The van der Waals surface area contributed by atoms with E-state index < -0.39 is 10.0 Å². The average Bonchev–Trinajstić information content (AvgIpc) is 2.50. The number of para-hydroxylation sites is 1. The zero-order chi connectivity index (χ0) is 15.7. The first kappa shape index (κ1) is 14.3. The molecule has 0 fully saturated rings. The number of pyridine rings is 1. The molecule has 0 saturated heterocycles. The topological polar surface area (TPSA) is 85.1 Å². The van der Waals surface area contributed by atoms with Crippen molar-refractivity contribution in [3.63, 3.8) is 0 Å². The van der Waals surface area contributed by atoms with E-state index in [0.717, 1.165) is 5.39 Å². The number of fused-ring (bicyclic) bond motifs is 1. The minimum atomic E-state index is -3.73. The monoisotopic (exact) mass is 313 g/mol. The van der Waals surface area contributed by atoms with E-state index in [4.69, 9.17) is 5.73 Å². The summed E-state index contributed by atoms with van der Waals surface area (Å²) in [5.74, 6) is 0. The van der Waals surface area contributed by atoms with Crippen LogP contribution in [-0.2, 0) is 10.0 Å². The predicted molar refractivity (Wildman–Crippen MR) is 88.1 cm³/mol. The first-order valence-corrected chi connectivity index (χ1v) is 8.18. The molecular formula is C16H15N3O2S. The lowest BCUT2D eigenvalue weighted by Gasteiger charge is -2.12. The van der Waals surface area contributed by atoms with Crippen LogP contribution >= 0.6 is 0 Å². The molecule has 3 N–H and O–H groups in total. The number of aromatic nitrogens is 1. The number of hydrogen-bond acceptors (Lipinski definition) is 4. The summed E-state index contributed by atoms with van der Waals surface area (Å²) >= 11 is 0. The largest absolute Gasteiger partial charge is 0.399 e. The Kier molecular flexibility index (Phi) is 3.46. The van der Waals surface area contributed by atoms with Crippen LogP contribution in [0.4, 0.5) is 11.4 Å². The number of hydrogen-bond donors (Lipinski definition) is 2. The second-order valence-corrected chi connectivity index (χ2v) is 6.66. The van der Waals surface area contributed by atoms with Crippen LogP contribution in [0.2, 0.25) is 0 Å². The van der Waals surface area contributed by atoms with Crippen LogP contribution in [0.3, 0.4) is 0 Å². The maximum absolute atomic E-state index is 12.6. The van der Waals surface area contributed by atoms with Crippen LogP contribution in [0, 0.1) is 6.92 Å². The molecule has 22 heavy (non-hydrogen) atoms. The molecule has 0 aliphatic rings. The van der Waals surface area contributed by atoms with Gasteiger partial charge in [0.05, 0.1) is 16.1 Å². The van der Waals surface area contributed by atoms with Crippen molar-refractivity contribution < 1.29 is 8.42 Å². The fourth-order valence-corrected chi connectivity index (χ4v) is 3.64. The van der Waals surface area contributed by atoms with Crippen molar-refractivity contribution in [2.24, 2.45) is 0 Å². The Bertz CT molecular complexity index is 947. The summed E-state index contributed by atoms with van der Waals surface area (Å²) in [5.41, 5.74) is 7.79. The van der Waals surface area contributed by atoms with Crippen LogP contribution in [0.1, 0.15) is 5.56 Å². The van der Waals surface area contributed by atoms with Crippen molar-refractivity contribution in [1.29, 1.82) is 0 Å². The normalized spacial score (nSPS) is 11.5. The van der Waals surface area contributed by atoms with Crippen molar-refractivity contribution in [3.05, 3.63) is 60.3 Å². The number of sulfonamides is 1. The van der Waals surface area contributed by atoms with Crippen molar-refractivity contribution in [2.75, 3.05) is 10.5 Å². The van der Waals surface area contributed by atoms with E-state index in [1.807, 2.05) is 18.2 Å². The van der Waals surface area contributed by atoms with Gasteiger partial charge in [-0.25, -0.2) is 8.42 Å². The third-order valence-electron chi connectivity index (χ3n) is 3.38. The zero-order valence-electron chi connectivity index (χ0n) is 11.9. The smallest absolute Gasteiger partial charge is 0.262 e. The third-order valence-corrected chi connectivity index (χ3v) is 4.89. The van der Waals surface area contributed by atoms with E-state index in [1.165, 1.54) is 6.07 Å². The lowest BCUT2D eigenvalue weighted by atomic mass is 10.2. The Hall–Kier alpha value is -2.60. The fraction of sp³-hybridized carbons (Fsp3) is 0.0625. The summed E-state index contributed by atoms with van der Waals surface area (Å²) in [5, 5.41) is 0.868. The molecule has 0 radical (unpaired) electrons. The molecule has 6 heteroatoms. The Morgan fingerprint density at radius 1 is 1.09 bits per heavy atom. The van der Waals surface area contributed by atoms with Crippen molar-refractivity contribution in [1.82, 2.24) is 4.98 Å². The summed E-state index contributed by atoms with van der Waals surface area (Å²) in [6, 6.07) is 13.9. The maximum Gasteiger partial charge on any atom is 0.262 e. The number of anilines is 2. The summed E-state index contributed by atoms with van der Waals surface area (Å²) in [6.45, 7) is 1.73. The molecule has 1 heterocycles. The number of nitrogens with two attached hydrogens (primary N) is 1. The summed E-state index contributed by atoms with van der Waals surface area (Å²) in [6.07, 6.45) is 1.63. The van der Waals surface area contributed by atoms with Gasteiger partial charge in [-0.2, -0.15) is 0 Å². The van der Waals surface area contributed by atoms with Crippen LogP contribution in [0.25, 0.3) is 10.9 Å². The molecule has 0 aliphatic heterocycles. The number of aryl methyl sites for hydroxylation is 1. The molecule has 3 aromatic rings. The van der Waals surface area contributed by atoms with Gasteiger partial charge in [0, 0.05) is 17.3 Å². The molecule has 1 aromatic heterocycles. The molecule has 0 atom stereocenters. The highest BCUT2D eigenvalue weighted by Crippen LogP contribution is 2.25. The molecule has 0 aliphatic carbocycles. The van der Waals surface area contributed by atoms with Gasteiger partial charge in [0.15, 0.2) is 0 Å². The Balaban J connectivity index is 2.09. The van der Waals surface area contributed by atoms with Gasteiger partial charge in [0.1, 0.15) is 0 Å². The average molecular weight is 313 g/mol. The molecular weight excluding hydrogens is 298 g/mol. The van der Waals surface area contributed by atoms with Gasteiger partial charge in [-0.1, -0.05) is 24.3 Å². The molecule has 0 saturated carbocycles. The molecule has 112 valence electrons. The quantitative estimate of drug-likeness (QED) is 0.728. The Morgan fingerprint density at radius 3 is 2.68 bits per heavy atom. The number of benzene rings is 2. The number of nitrogens with one attached hydrogen (secondary N) is 1. The molecule has 3 rings (SSSR count). The SMILES string of the molecule is Cc1ccc(N)cc1S(=O)(=O)Nc1cccc2cccnc12. The second kappa shape index (κ2) is 5.31. The van der Waals surface area contributed by atoms with E-state index in [-0.39, 0.29) is 4.90 Å². The maximum atomic E-state index is 12.6. The van der Waals surface area contributed by atoms with Gasteiger partial charge in [0.2, 0.25) is 0 Å². The van der Waals surface area contributed by atoms with E-state index >= 15 is 0 Å². The lowest BCUT2D eigenvalue weighted by Crippen LogP contribution is -2.15. The van der Waals surface area contributed by atoms with Gasteiger partial charge in [0.25, 0.3) is 10.0 Å². The molecule has 0 spiro atoms. The molecule has 0 unspecified atom stereocenters. The van der Waals surface area contributed by atoms with Gasteiger partial charge in [-0.05, 0) is 36.8 Å². The van der Waals surface area contributed by atoms with Crippen molar-refractivity contribution >= 4 is 32.3 Å². The van der Waals surface area contributed by atoms with E-state index in [9.17, 15) is 8.42 Å². The van der Waals surface area contributed by atoms with Crippen molar-refractivity contribution in [3.8, 4) is 0 Å². The van der Waals surface area contributed by atoms with E-state index in [0.29, 0.717) is 22.5 Å².